The van der Waals surface area contributed by atoms with Gasteiger partial charge in [0.1, 0.15) is 0 Å². The molecule has 2 rings (SSSR count). The third-order valence-electron chi connectivity index (χ3n) is 2.57. The summed E-state index contributed by atoms with van der Waals surface area (Å²) in [5.41, 5.74) is 0.822. The summed E-state index contributed by atoms with van der Waals surface area (Å²) in [4.78, 5) is 29.7. The molecule has 0 radical (unpaired) electrons. The van der Waals surface area contributed by atoms with Crippen LogP contribution in [0.2, 0.25) is 0 Å². The lowest BCUT2D eigenvalue weighted by atomic mass is 10.0. The second-order valence-corrected chi connectivity index (χ2v) is 7.39. The molecule has 2 aromatic carbocycles. The fraction of sp³-hybridized carbons (Fsp3) is 0.0833. The first-order chi connectivity index (χ1) is 8.37. The Kier molecular flexibility index (Phi) is 3.50. The average molecular weight is 282 g/mol. The molecule has 0 aliphatic carbocycles. The van der Waals surface area contributed by atoms with Crippen molar-refractivity contribution in [2.45, 2.75) is 6.16 Å². The SMILES string of the molecule is O=C(O)c1cccc2ccc(CP(O)(O)=S)cc12. The van der Waals surface area contributed by atoms with Gasteiger partial charge in [0.05, 0.1) is 5.56 Å². The third-order valence-corrected chi connectivity index (χ3v) is 3.73. The van der Waals surface area contributed by atoms with Crippen LogP contribution in [0, 0.1) is 0 Å². The predicted octanol–water partition coefficient (Wildman–Crippen LogP) is 2.33. The zero-order valence-corrected chi connectivity index (χ0v) is 11.0. The topological polar surface area (TPSA) is 77.8 Å². The van der Waals surface area contributed by atoms with Crippen molar-refractivity contribution in [1.82, 2.24) is 0 Å². The molecule has 0 saturated carbocycles. The molecule has 0 heterocycles. The summed E-state index contributed by atoms with van der Waals surface area (Å²) in [5.74, 6) is -1.01. The standard InChI is InChI=1S/C12H11O4PS/c13-12(14)10-3-1-2-9-5-4-8(6-11(9)10)7-17(15,16)18/h1-6H,7H2,(H,13,14)(H2,15,16,18). The van der Waals surface area contributed by atoms with Crippen molar-refractivity contribution in [3.05, 3.63) is 47.5 Å². The lowest BCUT2D eigenvalue weighted by Crippen LogP contribution is -1.97. The Hall–Kier alpha value is -1.26. The van der Waals surface area contributed by atoms with Gasteiger partial charge in [0, 0.05) is 6.16 Å². The summed E-state index contributed by atoms with van der Waals surface area (Å²) in [5, 5.41) is 10.5. The number of carbonyl (C=O) groups is 1. The number of hydrogen-bond donors (Lipinski definition) is 3. The quantitative estimate of drug-likeness (QED) is 0.753. The fourth-order valence-corrected chi connectivity index (χ4v) is 2.96. The molecule has 3 N–H and O–H groups in total. The van der Waals surface area contributed by atoms with Crippen LogP contribution in [0.1, 0.15) is 15.9 Å². The number of carboxylic acids is 1. The van der Waals surface area contributed by atoms with Gasteiger partial charge in [-0.25, -0.2) is 4.79 Å². The minimum Gasteiger partial charge on any atom is -0.478 e. The Labute approximate surface area is 109 Å². The van der Waals surface area contributed by atoms with Gasteiger partial charge in [0.15, 0.2) is 6.49 Å². The maximum atomic E-state index is 11.1. The van der Waals surface area contributed by atoms with Gasteiger partial charge in [0.2, 0.25) is 0 Å². The summed E-state index contributed by atoms with van der Waals surface area (Å²) in [7, 11) is 0. The smallest absolute Gasteiger partial charge is 0.336 e. The van der Waals surface area contributed by atoms with E-state index in [0.29, 0.717) is 10.9 Å². The third kappa shape index (κ3) is 2.94. The van der Waals surface area contributed by atoms with Gasteiger partial charge in [-0.1, -0.05) is 24.3 Å². The molecule has 94 valence electrons. The minimum absolute atomic E-state index is 0.0216. The van der Waals surface area contributed by atoms with E-state index in [1.165, 1.54) is 6.07 Å². The Morgan fingerprint density at radius 3 is 2.56 bits per heavy atom. The number of carboxylic acid groups (broad SMARTS) is 1. The molecule has 6 heteroatoms. The normalized spacial score (nSPS) is 11.7. The highest BCUT2D eigenvalue weighted by Crippen LogP contribution is 2.40. The Balaban J connectivity index is 2.59. The van der Waals surface area contributed by atoms with Gasteiger partial charge in [0.25, 0.3) is 0 Å². The van der Waals surface area contributed by atoms with E-state index in [1.807, 2.05) is 0 Å². The summed E-state index contributed by atoms with van der Waals surface area (Å²) in [6.07, 6.45) is -0.0216. The number of benzene rings is 2. The molecule has 0 fully saturated rings. The zero-order chi connectivity index (χ0) is 13.3. The molecule has 0 aliphatic rings. The molecular formula is C12H11O4PS. The summed E-state index contributed by atoms with van der Waals surface area (Å²) in [6, 6.07) is 10.1. The lowest BCUT2D eigenvalue weighted by Gasteiger charge is -2.09. The van der Waals surface area contributed by atoms with Crippen LogP contribution in [0.3, 0.4) is 0 Å². The molecule has 0 atom stereocenters. The van der Waals surface area contributed by atoms with E-state index in [4.69, 9.17) is 5.11 Å². The van der Waals surface area contributed by atoms with Crippen molar-refractivity contribution in [2.75, 3.05) is 0 Å². The highest BCUT2D eigenvalue weighted by atomic mass is 32.5. The van der Waals surface area contributed by atoms with E-state index >= 15 is 0 Å². The van der Waals surface area contributed by atoms with Crippen molar-refractivity contribution in [3.63, 3.8) is 0 Å². The van der Waals surface area contributed by atoms with Gasteiger partial charge < -0.3 is 14.9 Å². The second-order valence-electron chi connectivity index (χ2n) is 3.99. The minimum atomic E-state index is -3.32. The molecule has 0 amide bonds. The van der Waals surface area contributed by atoms with E-state index in [-0.39, 0.29) is 11.7 Å². The number of aromatic carboxylic acids is 1. The van der Waals surface area contributed by atoms with Gasteiger partial charge in [-0.2, -0.15) is 0 Å². The Bertz CT molecular complexity index is 662. The van der Waals surface area contributed by atoms with Crippen molar-refractivity contribution in [2.24, 2.45) is 0 Å². The fourth-order valence-electron chi connectivity index (χ4n) is 1.84. The van der Waals surface area contributed by atoms with Crippen molar-refractivity contribution >= 4 is 35.0 Å². The van der Waals surface area contributed by atoms with Crippen LogP contribution in [0.15, 0.2) is 36.4 Å². The molecule has 4 nitrogen and oxygen atoms in total. The largest absolute Gasteiger partial charge is 0.478 e. The van der Waals surface area contributed by atoms with Crippen LogP contribution in [0.5, 0.6) is 0 Å². The molecular weight excluding hydrogens is 271 g/mol. The van der Waals surface area contributed by atoms with E-state index < -0.39 is 12.5 Å². The van der Waals surface area contributed by atoms with Gasteiger partial charge in [-0.15, -0.1) is 0 Å². The Morgan fingerprint density at radius 1 is 1.22 bits per heavy atom. The summed E-state index contributed by atoms with van der Waals surface area (Å²) in [6.45, 7) is -3.32. The highest BCUT2D eigenvalue weighted by Gasteiger charge is 2.12. The summed E-state index contributed by atoms with van der Waals surface area (Å²) < 4.78 is 0. The molecule has 18 heavy (non-hydrogen) atoms. The molecule has 0 spiro atoms. The highest BCUT2D eigenvalue weighted by molar-refractivity contribution is 8.08. The molecule has 0 aliphatic heterocycles. The number of rotatable bonds is 3. The van der Waals surface area contributed by atoms with E-state index in [2.05, 4.69) is 11.8 Å². The van der Waals surface area contributed by atoms with Crippen LogP contribution >= 0.6 is 6.49 Å². The number of fused-ring (bicyclic) bond motifs is 1. The predicted molar refractivity (Wildman–Crippen MR) is 73.3 cm³/mol. The average Bonchev–Trinajstić information content (AvgIpc) is 2.25. The summed E-state index contributed by atoms with van der Waals surface area (Å²) >= 11 is 4.58. The van der Waals surface area contributed by atoms with E-state index in [0.717, 1.165) is 5.39 Å². The zero-order valence-electron chi connectivity index (χ0n) is 9.28. The maximum absolute atomic E-state index is 11.1. The van der Waals surface area contributed by atoms with Crippen LogP contribution in [0.4, 0.5) is 0 Å². The first kappa shape index (κ1) is 13.2. The van der Waals surface area contributed by atoms with Crippen molar-refractivity contribution in [3.8, 4) is 0 Å². The van der Waals surface area contributed by atoms with Crippen molar-refractivity contribution < 1.29 is 19.7 Å². The van der Waals surface area contributed by atoms with Crippen LogP contribution < -0.4 is 0 Å². The van der Waals surface area contributed by atoms with E-state index in [1.54, 1.807) is 30.3 Å². The van der Waals surface area contributed by atoms with Crippen molar-refractivity contribution in [1.29, 1.82) is 0 Å². The van der Waals surface area contributed by atoms with Gasteiger partial charge in [-0.3, -0.25) is 0 Å². The first-order valence-electron chi connectivity index (χ1n) is 5.16. The Morgan fingerprint density at radius 2 is 1.94 bits per heavy atom. The molecule has 0 bridgehead atoms. The maximum Gasteiger partial charge on any atom is 0.336 e. The molecule has 0 unspecified atom stereocenters. The molecule has 0 aromatic heterocycles. The van der Waals surface area contributed by atoms with Crippen LogP contribution in [0.25, 0.3) is 10.8 Å². The molecule has 2 aromatic rings. The van der Waals surface area contributed by atoms with Crippen LogP contribution in [-0.4, -0.2) is 20.9 Å². The monoisotopic (exact) mass is 282 g/mol. The van der Waals surface area contributed by atoms with Gasteiger partial charge >= 0.3 is 5.97 Å². The van der Waals surface area contributed by atoms with Gasteiger partial charge in [-0.05, 0) is 40.3 Å². The first-order valence-corrected chi connectivity index (χ1v) is 8.06. The lowest BCUT2D eigenvalue weighted by molar-refractivity contribution is 0.0699. The van der Waals surface area contributed by atoms with Crippen LogP contribution in [-0.2, 0) is 18.0 Å². The van der Waals surface area contributed by atoms with E-state index in [9.17, 15) is 14.6 Å². The number of hydrogen-bond acceptors (Lipinski definition) is 2. The molecule has 0 saturated heterocycles. The second kappa shape index (κ2) is 4.78.